The van der Waals surface area contributed by atoms with Gasteiger partial charge in [-0.05, 0) is 25.0 Å². The maximum absolute atomic E-state index is 13.6. The van der Waals surface area contributed by atoms with Crippen molar-refractivity contribution in [3.63, 3.8) is 0 Å². The van der Waals surface area contributed by atoms with Gasteiger partial charge in [-0.15, -0.1) is 10.2 Å². The van der Waals surface area contributed by atoms with Gasteiger partial charge in [0.25, 0.3) is 0 Å². The van der Waals surface area contributed by atoms with Gasteiger partial charge in [0.15, 0.2) is 17.5 Å². The Labute approximate surface area is 137 Å². The summed E-state index contributed by atoms with van der Waals surface area (Å²) in [5.74, 6) is 0.934. The number of hydrogen-bond acceptors (Lipinski definition) is 4. The van der Waals surface area contributed by atoms with E-state index in [1.807, 2.05) is 11.6 Å². The van der Waals surface area contributed by atoms with Crippen molar-refractivity contribution in [1.82, 2.24) is 29.5 Å². The SMILES string of the molecule is Cn1cnnc1CCc1nc(C2CC2)nn1-c1ccc(F)c(F)c1. The van der Waals surface area contributed by atoms with Crippen LogP contribution in [0, 0.1) is 11.6 Å². The van der Waals surface area contributed by atoms with Crippen LogP contribution in [0.15, 0.2) is 24.5 Å². The summed E-state index contributed by atoms with van der Waals surface area (Å²) in [4.78, 5) is 4.61. The Morgan fingerprint density at radius 2 is 1.92 bits per heavy atom. The summed E-state index contributed by atoms with van der Waals surface area (Å²) in [6.45, 7) is 0. The zero-order chi connectivity index (χ0) is 16.7. The first kappa shape index (κ1) is 14.9. The standard InChI is InChI=1S/C16H16F2N6/c1-23-9-19-21-15(23)7-6-14-20-16(10-2-3-10)22-24(14)11-4-5-12(17)13(18)8-11/h4-5,8-10H,2-3,6-7H2,1H3. The number of rotatable bonds is 5. The molecule has 1 fully saturated rings. The minimum atomic E-state index is -0.893. The van der Waals surface area contributed by atoms with Crippen LogP contribution in [0.1, 0.15) is 36.2 Å². The third-order valence-electron chi connectivity index (χ3n) is 4.16. The molecule has 4 rings (SSSR count). The molecule has 124 valence electrons. The third-order valence-corrected chi connectivity index (χ3v) is 4.16. The monoisotopic (exact) mass is 330 g/mol. The molecule has 0 spiro atoms. The quantitative estimate of drug-likeness (QED) is 0.720. The maximum atomic E-state index is 13.6. The van der Waals surface area contributed by atoms with Gasteiger partial charge < -0.3 is 4.57 Å². The first-order valence-corrected chi connectivity index (χ1v) is 7.86. The van der Waals surface area contributed by atoms with Crippen LogP contribution in [0.3, 0.4) is 0 Å². The second-order valence-electron chi connectivity index (χ2n) is 6.03. The molecule has 0 bridgehead atoms. The molecule has 24 heavy (non-hydrogen) atoms. The van der Waals surface area contributed by atoms with Gasteiger partial charge in [0.1, 0.15) is 18.0 Å². The highest BCUT2D eigenvalue weighted by Gasteiger charge is 2.29. The lowest BCUT2D eigenvalue weighted by molar-refractivity contribution is 0.507. The van der Waals surface area contributed by atoms with Crippen molar-refractivity contribution in [3.05, 3.63) is 53.6 Å². The first-order valence-electron chi connectivity index (χ1n) is 7.86. The van der Waals surface area contributed by atoms with E-state index in [0.29, 0.717) is 30.3 Å². The van der Waals surface area contributed by atoms with E-state index in [1.165, 1.54) is 6.07 Å². The summed E-state index contributed by atoms with van der Waals surface area (Å²) < 4.78 is 30.2. The minimum absolute atomic E-state index is 0.380. The van der Waals surface area contributed by atoms with Crippen LogP contribution in [0.2, 0.25) is 0 Å². The van der Waals surface area contributed by atoms with Gasteiger partial charge in [-0.25, -0.2) is 18.4 Å². The molecule has 0 amide bonds. The van der Waals surface area contributed by atoms with E-state index < -0.39 is 11.6 Å². The lowest BCUT2D eigenvalue weighted by atomic mass is 10.2. The molecule has 0 radical (unpaired) electrons. The van der Waals surface area contributed by atoms with Gasteiger partial charge in [0.05, 0.1) is 5.69 Å². The number of aromatic nitrogens is 6. The molecule has 6 nitrogen and oxygen atoms in total. The number of halogens is 2. The Bertz CT molecular complexity index is 881. The molecule has 0 N–H and O–H groups in total. The molecular weight excluding hydrogens is 314 g/mol. The Hall–Kier alpha value is -2.64. The maximum Gasteiger partial charge on any atom is 0.160 e. The predicted octanol–water partition coefficient (Wildman–Crippen LogP) is 2.34. The van der Waals surface area contributed by atoms with Gasteiger partial charge in [-0.3, -0.25) is 0 Å². The normalized spacial score (nSPS) is 14.3. The highest BCUT2D eigenvalue weighted by molar-refractivity contribution is 5.33. The van der Waals surface area contributed by atoms with Crippen molar-refractivity contribution in [2.45, 2.75) is 31.6 Å². The predicted molar refractivity (Wildman–Crippen MR) is 81.7 cm³/mol. The number of nitrogens with zero attached hydrogens (tertiary/aromatic N) is 6. The summed E-state index contributed by atoms with van der Waals surface area (Å²) in [6.07, 6.45) is 5.02. The molecule has 0 atom stereocenters. The summed E-state index contributed by atoms with van der Waals surface area (Å²) in [5, 5.41) is 12.4. The van der Waals surface area contributed by atoms with Crippen LogP contribution in [0.25, 0.3) is 5.69 Å². The molecule has 2 heterocycles. The molecule has 1 saturated carbocycles. The summed E-state index contributed by atoms with van der Waals surface area (Å²) in [7, 11) is 1.88. The molecule has 2 aromatic heterocycles. The van der Waals surface area contributed by atoms with Crippen LogP contribution in [0.5, 0.6) is 0 Å². The van der Waals surface area contributed by atoms with Gasteiger partial charge in [0, 0.05) is 31.9 Å². The number of aryl methyl sites for hydroxylation is 3. The fourth-order valence-corrected chi connectivity index (χ4v) is 2.62. The van der Waals surface area contributed by atoms with Crippen molar-refractivity contribution in [3.8, 4) is 5.69 Å². The lowest BCUT2D eigenvalue weighted by Gasteiger charge is -2.06. The Balaban J connectivity index is 1.66. The average Bonchev–Trinajstić information content (AvgIpc) is 3.21. The summed E-state index contributed by atoms with van der Waals surface area (Å²) in [6, 6.07) is 3.76. The molecule has 3 aromatic rings. The molecule has 1 aliphatic carbocycles. The van der Waals surface area contributed by atoms with E-state index in [9.17, 15) is 8.78 Å². The smallest absolute Gasteiger partial charge is 0.160 e. The van der Waals surface area contributed by atoms with E-state index in [1.54, 1.807) is 11.0 Å². The molecule has 1 aliphatic rings. The second-order valence-corrected chi connectivity index (χ2v) is 6.03. The Morgan fingerprint density at radius 1 is 1.12 bits per heavy atom. The van der Waals surface area contributed by atoms with E-state index in [0.717, 1.165) is 36.6 Å². The molecule has 1 aromatic carbocycles. The van der Waals surface area contributed by atoms with E-state index in [4.69, 9.17) is 0 Å². The topological polar surface area (TPSA) is 61.4 Å². The number of hydrogen-bond donors (Lipinski definition) is 0. The number of benzene rings is 1. The second kappa shape index (κ2) is 5.77. The van der Waals surface area contributed by atoms with Crippen molar-refractivity contribution in [2.24, 2.45) is 7.05 Å². The van der Waals surface area contributed by atoms with Gasteiger partial charge in [0.2, 0.25) is 0 Å². The van der Waals surface area contributed by atoms with Gasteiger partial charge in [-0.1, -0.05) is 0 Å². The van der Waals surface area contributed by atoms with Gasteiger partial charge >= 0.3 is 0 Å². The Kier molecular flexibility index (Phi) is 3.59. The Morgan fingerprint density at radius 3 is 2.58 bits per heavy atom. The van der Waals surface area contributed by atoms with E-state index in [-0.39, 0.29) is 0 Å². The molecule has 0 saturated heterocycles. The third kappa shape index (κ3) is 2.79. The zero-order valence-electron chi connectivity index (χ0n) is 13.2. The largest absolute Gasteiger partial charge is 0.321 e. The van der Waals surface area contributed by atoms with Crippen LogP contribution in [-0.4, -0.2) is 29.5 Å². The minimum Gasteiger partial charge on any atom is -0.321 e. The average molecular weight is 330 g/mol. The summed E-state index contributed by atoms with van der Waals surface area (Å²) >= 11 is 0. The zero-order valence-corrected chi connectivity index (χ0v) is 13.2. The fourth-order valence-electron chi connectivity index (χ4n) is 2.62. The molecule has 0 unspecified atom stereocenters. The van der Waals surface area contributed by atoms with Crippen molar-refractivity contribution in [1.29, 1.82) is 0 Å². The van der Waals surface area contributed by atoms with Crippen molar-refractivity contribution < 1.29 is 8.78 Å². The van der Waals surface area contributed by atoms with Gasteiger partial charge in [-0.2, -0.15) is 5.10 Å². The van der Waals surface area contributed by atoms with Crippen LogP contribution in [-0.2, 0) is 19.9 Å². The van der Waals surface area contributed by atoms with Crippen LogP contribution < -0.4 is 0 Å². The van der Waals surface area contributed by atoms with E-state index in [2.05, 4.69) is 20.3 Å². The first-order chi connectivity index (χ1) is 11.6. The molecular formula is C16H16F2N6. The van der Waals surface area contributed by atoms with E-state index >= 15 is 0 Å². The highest BCUT2D eigenvalue weighted by Crippen LogP contribution is 2.38. The van der Waals surface area contributed by atoms with Crippen molar-refractivity contribution in [2.75, 3.05) is 0 Å². The van der Waals surface area contributed by atoms with Crippen LogP contribution in [0.4, 0.5) is 8.78 Å². The molecule has 8 heteroatoms. The highest BCUT2D eigenvalue weighted by atomic mass is 19.2. The molecule has 0 aliphatic heterocycles. The van der Waals surface area contributed by atoms with Crippen LogP contribution >= 0.6 is 0 Å². The summed E-state index contributed by atoms with van der Waals surface area (Å²) in [5.41, 5.74) is 0.473. The fraction of sp³-hybridized carbons (Fsp3) is 0.375. The lowest BCUT2D eigenvalue weighted by Crippen LogP contribution is -2.07. The van der Waals surface area contributed by atoms with Crippen molar-refractivity contribution >= 4 is 0 Å².